The number of pyridine rings is 1. The third kappa shape index (κ3) is 4.16. The maximum Gasteiger partial charge on any atom is 0.416 e. The van der Waals surface area contributed by atoms with Crippen molar-refractivity contribution >= 4 is 21.6 Å². The first-order chi connectivity index (χ1) is 13.7. The summed E-state index contributed by atoms with van der Waals surface area (Å²) < 4.78 is 71.0. The number of hydrogen-bond acceptors (Lipinski definition) is 5. The minimum Gasteiger partial charge on any atom is -0.439 e. The first-order valence-electron chi connectivity index (χ1n) is 8.51. The zero-order valence-electron chi connectivity index (χ0n) is 14.8. The molecule has 0 fully saturated rings. The summed E-state index contributed by atoms with van der Waals surface area (Å²) in [6.07, 6.45) is 1.73. The van der Waals surface area contributed by atoms with Crippen LogP contribution in [-0.4, -0.2) is 36.4 Å². The van der Waals surface area contributed by atoms with Crippen LogP contribution in [0.3, 0.4) is 0 Å². The Morgan fingerprint density at radius 3 is 2.59 bits per heavy atom. The topological polar surface area (TPSA) is 71.9 Å². The number of benzene rings is 1. The lowest BCUT2D eigenvalue weighted by Crippen LogP contribution is -2.38. The summed E-state index contributed by atoms with van der Waals surface area (Å²) in [6, 6.07) is 8.38. The van der Waals surface area contributed by atoms with Crippen LogP contribution in [0.1, 0.15) is 11.1 Å². The lowest BCUT2D eigenvalue weighted by molar-refractivity contribution is -0.137. The Balaban J connectivity index is 1.55. The molecule has 2 aliphatic rings. The number of ether oxygens (including phenoxy) is 1. The number of allylic oxidation sites excluding steroid dienone is 2. The lowest BCUT2D eigenvalue weighted by atomic mass is 10.1. The van der Waals surface area contributed by atoms with Crippen LogP contribution in [0.4, 0.5) is 13.2 Å². The standard InChI is InChI=1S/C19H14F3N3O3S/c20-19(21,22)14-8-9-23-18(12-14)28-15-6-4-13(5-7-15)16-2-1-3-17-24-29(26,27)11-10-25(16)17/h1-9,12H,10-11H2. The van der Waals surface area contributed by atoms with E-state index in [1.165, 1.54) is 0 Å². The molecule has 0 saturated carbocycles. The van der Waals surface area contributed by atoms with E-state index in [0.29, 0.717) is 11.6 Å². The molecule has 0 aliphatic carbocycles. The Kier molecular flexibility index (Phi) is 4.65. The fourth-order valence-corrected chi connectivity index (χ4v) is 3.90. The Morgan fingerprint density at radius 2 is 1.86 bits per heavy atom. The molecule has 4 rings (SSSR count). The molecule has 10 heteroatoms. The van der Waals surface area contributed by atoms with Gasteiger partial charge in [0, 0.05) is 24.5 Å². The van der Waals surface area contributed by atoms with Crippen LogP contribution in [0.5, 0.6) is 11.6 Å². The fourth-order valence-electron chi connectivity index (χ4n) is 2.95. The molecule has 0 N–H and O–H groups in total. The highest BCUT2D eigenvalue weighted by molar-refractivity contribution is 7.90. The van der Waals surface area contributed by atoms with Gasteiger partial charge in [0.15, 0.2) is 0 Å². The second-order valence-electron chi connectivity index (χ2n) is 6.31. The van der Waals surface area contributed by atoms with Crippen molar-refractivity contribution in [2.45, 2.75) is 6.18 Å². The number of fused-ring (bicyclic) bond motifs is 1. The second kappa shape index (κ2) is 7.03. The third-order valence-electron chi connectivity index (χ3n) is 4.31. The highest BCUT2D eigenvalue weighted by Gasteiger charge is 2.31. The first kappa shape index (κ1) is 19.2. The first-order valence-corrected chi connectivity index (χ1v) is 10.1. The molecule has 0 spiro atoms. The van der Waals surface area contributed by atoms with E-state index in [4.69, 9.17) is 4.74 Å². The number of nitrogens with zero attached hydrogens (tertiary/aromatic N) is 3. The van der Waals surface area contributed by atoms with Gasteiger partial charge in [-0.25, -0.2) is 13.4 Å². The molecule has 0 amide bonds. The summed E-state index contributed by atoms with van der Waals surface area (Å²) in [6.45, 7) is 0.281. The van der Waals surface area contributed by atoms with Crippen molar-refractivity contribution < 1.29 is 26.3 Å². The number of amidine groups is 1. The molecule has 1 aromatic heterocycles. The van der Waals surface area contributed by atoms with Crippen molar-refractivity contribution in [3.8, 4) is 11.6 Å². The molecule has 0 saturated heterocycles. The monoisotopic (exact) mass is 421 g/mol. The van der Waals surface area contributed by atoms with Crippen molar-refractivity contribution in [3.63, 3.8) is 0 Å². The Labute approximate surface area is 164 Å². The van der Waals surface area contributed by atoms with Gasteiger partial charge in [0.1, 0.15) is 11.6 Å². The zero-order chi connectivity index (χ0) is 20.6. The van der Waals surface area contributed by atoms with E-state index in [9.17, 15) is 21.6 Å². The fraction of sp³-hybridized carbons (Fsp3) is 0.158. The molecule has 3 heterocycles. The highest BCUT2D eigenvalue weighted by atomic mass is 32.2. The summed E-state index contributed by atoms with van der Waals surface area (Å²) in [7, 11) is -3.45. The summed E-state index contributed by atoms with van der Waals surface area (Å²) in [5, 5.41) is 0. The minimum atomic E-state index is -4.48. The SMILES string of the molecule is O=S1(=O)CCN2C(c3ccc(Oc4cc(C(F)(F)F)ccn4)cc3)=CC=CC2=N1. The minimum absolute atomic E-state index is 0.0793. The van der Waals surface area contributed by atoms with Gasteiger partial charge < -0.3 is 9.64 Å². The number of alkyl halides is 3. The van der Waals surface area contributed by atoms with Gasteiger partial charge in [-0.05, 0) is 48.0 Å². The molecular formula is C19H14F3N3O3S. The van der Waals surface area contributed by atoms with Crippen molar-refractivity contribution in [3.05, 3.63) is 72.0 Å². The predicted octanol–water partition coefficient (Wildman–Crippen LogP) is 3.85. The van der Waals surface area contributed by atoms with Crippen molar-refractivity contribution in [2.75, 3.05) is 12.3 Å². The van der Waals surface area contributed by atoms with Crippen LogP contribution < -0.4 is 4.74 Å². The molecule has 29 heavy (non-hydrogen) atoms. The molecule has 150 valence electrons. The molecule has 2 aliphatic heterocycles. The van der Waals surface area contributed by atoms with Crippen molar-refractivity contribution in [1.82, 2.24) is 9.88 Å². The molecule has 0 radical (unpaired) electrons. The highest BCUT2D eigenvalue weighted by Crippen LogP contribution is 2.32. The maximum absolute atomic E-state index is 12.8. The predicted molar refractivity (Wildman–Crippen MR) is 101 cm³/mol. The molecule has 0 unspecified atom stereocenters. The van der Waals surface area contributed by atoms with E-state index in [1.807, 2.05) is 6.08 Å². The normalized spacial score (nSPS) is 18.0. The van der Waals surface area contributed by atoms with Gasteiger partial charge in [-0.1, -0.05) is 6.08 Å². The Morgan fingerprint density at radius 1 is 1.10 bits per heavy atom. The molecule has 6 nitrogen and oxygen atoms in total. The third-order valence-corrected chi connectivity index (χ3v) is 5.47. The van der Waals surface area contributed by atoms with Crippen LogP contribution in [0.2, 0.25) is 0 Å². The Bertz CT molecular complexity index is 1140. The quantitative estimate of drug-likeness (QED) is 0.753. The van der Waals surface area contributed by atoms with Crippen LogP contribution in [-0.2, 0) is 16.2 Å². The lowest BCUT2D eigenvalue weighted by Gasteiger charge is -2.31. The van der Waals surface area contributed by atoms with Gasteiger partial charge in [0.2, 0.25) is 5.88 Å². The average molecular weight is 421 g/mol. The van der Waals surface area contributed by atoms with Crippen LogP contribution in [0.25, 0.3) is 5.70 Å². The summed E-state index contributed by atoms with van der Waals surface area (Å²) in [5.74, 6) is 0.428. The average Bonchev–Trinajstić information content (AvgIpc) is 2.67. The zero-order valence-corrected chi connectivity index (χ0v) is 15.6. The maximum atomic E-state index is 12.8. The number of aromatic nitrogens is 1. The van der Waals surface area contributed by atoms with E-state index < -0.39 is 21.8 Å². The van der Waals surface area contributed by atoms with Gasteiger partial charge in [0.25, 0.3) is 10.0 Å². The molecule has 0 atom stereocenters. The molecule has 2 aromatic rings. The summed E-state index contributed by atoms with van der Waals surface area (Å²) in [5.41, 5.74) is 0.709. The summed E-state index contributed by atoms with van der Waals surface area (Å²) >= 11 is 0. The van der Waals surface area contributed by atoms with E-state index in [-0.39, 0.29) is 18.2 Å². The largest absolute Gasteiger partial charge is 0.439 e. The van der Waals surface area contributed by atoms with E-state index >= 15 is 0 Å². The van der Waals surface area contributed by atoms with Gasteiger partial charge >= 0.3 is 6.18 Å². The van der Waals surface area contributed by atoms with Gasteiger partial charge in [-0.2, -0.15) is 13.2 Å². The summed E-state index contributed by atoms with van der Waals surface area (Å²) in [4.78, 5) is 5.60. The van der Waals surface area contributed by atoms with Crippen molar-refractivity contribution in [2.24, 2.45) is 4.40 Å². The van der Waals surface area contributed by atoms with Crippen molar-refractivity contribution in [1.29, 1.82) is 0 Å². The van der Waals surface area contributed by atoms with E-state index in [1.54, 1.807) is 41.3 Å². The van der Waals surface area contributed by atoms with E-state index in [2.05, 4.69) is 9.38 Å². The molecular weight excluding hydrogens is 407 g/mol. The van der Waals surface area contributed by atoms with Gasteiger partial charge in [0.05, 0.1) is 11.3 Å². The number of sulfonamides is 1. The van der Waals surface area contributed by atoms with Gasteiger partial charge in [-0.15, -0.1) is 4.40 Å². The molecule has 1 aromatic carbocycles. The number of halogens is 3. The number of rotatable bonds is 3. The second-order valence-corrected chi connectivity index (χ2v) is 8.06. The smallest absolute Gasteiger partial charge is 0.416 e. The van der Waals surface area contributed by atoms with Crippen LogP contribution in [0.15, 0.2) is 65.2 Å². The van der Waals surface area contributed by atoms with Gasteiger partial charge in [-0.3, -0.25) is 0 Å². The molecule has 0 bridgehead atoms. The van der Waals surface area contributed by atoms with Crippen LogP contribution in [0, 0.1) is 0 Å². The van der Waals surface area contributed by atoms with Crippen LogP contribution >= 0.6 is 0 Å². The Hall–Kier alpha value is -3.14. The number of hydrogen-bond donors (Lipinski definition) is 0. The van der Waals surface area contributed by atoms with E-state index in [0.717, 1.165) is 29.6 Å².